The number of methoxy groups -OCH3 is 1. The number of carboxylic acid groups (broad SMARTS) is 1. The van der Waals surface area contributed by atoms with Crippen molar-refractivity contribution in [2.45, 2.75) is 40.0 Å². The number of carboxylic acids is 1. The van der Waals surface area contributed by atoms with Crippen molar-refractivity contribution >= 4 is 35.1 Å². The van der Waals surface area contributed by atoms with Crippen molar-refractivity contribution in [3.8, 4) is 11.9 Å². The first kappa shape index (κ1) is 37.0. The first-order valence-corrected chi connectivity index (χ1v) is 15.8. The first-order chi connectivity index (χ1) is 24.2. The Morgan fingerprint density at radius 3 is 2.32 bits per heavy atom. The maximum Gasteiger partial charge on any atom is 0.332 e. The summed E-state index contributed by atoms with van der Waals surface area (Å²) in [6.07, 6.45) is 7.55. The zero-order valence-electron chi connectivity index (χ0n) is 28.3. The fourth-order valence-corrected chi connectivity index (χ4v) is 4.86. The maximum atomic E-state index is 11.9. The van der Waals surface area contributed by atoms with Crippen LogP contribution in [0.1, 0.15) is 46.5 Å². The largest absolute Gasteiger partial charge is 0.480 e. The molecular formula is C33H39N11O6. The number of aliphatic carboxylic acids is 1. The topological polar surface area (TPSA) is 224 Å². The second-order valence-corrected chi connectivity index (χ2v) is 11.1. The number of carbonyl (C=O) groups is 2. The third-order valence-corrected chi connectivity index (χ3v) is 7.09. The van der Waals surface area contributed by atoms with Gasteiger partial charge in [0.1, 0.15) is 30.7 Å². The molecule has 0 saturated heterocycles. The summed E-state index contributed by atoms with van der Waals surface area (Å²) in [5, 5.41) is 38.3. The summed E-state index contributed by atoms with van der Waals surface area (Å²) in [6.45, 7) is 6.52. The van der Waals surface area contributed by atoms with Gasteiger partial charge in [0.15, 0.2) is 23.1 Å². The number of nitriles is 1. The quantitative estimate of drug-likeness (QED) is 0.0716. The minimum atomic E-state index is -1.18. The smallest absolute Gasteiger partial charge is 0.332 e. The van der Waals surface area contributed by atoms with E-state index in [-0.39, 0.29) is 23.7 Å². The summed E-state index contributed by atoms with van der Waals surface area (Å²) < 4.78 is 16.5. The minimum absolute atomic E-state index is 0.0479. The van der Waals surface area contributed by atoms with Crippen LogP contribution in [0.15, 0.2) is 47.1 Å². The van der Waals surface area contributed by atoms with Crippen molar-refractivity contribution < 1.29 is 28.9 Å². The molecule has 0 spiro atoms. The van der Waals surface area contributed by atoms with Gasteiger partial charge in [-0.2, -0.15) is 5.26 Å². The molecule has 0 aliphatic heterocycles. The molecule has 17 nitrogen and oxygen atoms in total. The Morgan fingerprint density at radius 2 is 1.70 bits per heavy atom. The third-order valence-electron chi connectivity index (χ3n) is 7.09. The zero-order chi connectivity index (χ0) is 35.9. The van der Waals surface area contributed by atoms with E-state index in [1.165, 1.54) is 29.5 Å². The van der Waals surface area contributed by atoms with Gasteiger partial charge in [0, 0.05) is 45.6 Å². The van der Waals surface area contributed by atoms with E-state index in [2.05, 4.69) is 74.9 Å². The molecule has 0 unspecified atom stereocenters. The van der Waals surface area contributed by atoms with Crippen molar-refractivity contribution in [2.75, 3.05) is 57.3 Å². The Hall–Kier alpha value is -5.86. The van der Waals surface area contributed by atoms with E-state index < -0.39 is 25.2 Å². The van der Waals surface area contributed by atoms with Crippen LogP contribution in [0.5, 0.6) is 0 Å². The number of nitrogens with one attached hydrogen (secondary N) is 2. The molecule has 50 heavy (non-hydrogen) atoms. The highest BCUT2D eigenvalue weighted by atomic mass is 16.6. The van der Waals surface area contributed by atoms with Crippen LogP contribution in [0, 0.1) is 32.1 Å². The van der Waals surface area contributed by atoms with Gasteiger partial charge in [0.05, 0.1) is 19.0 Å². The predicted molar refractivity (Wildman–Crippen MR) is 181 cm³/mol. The molecule has 3 N–H and O–H groups in total. The predicted octanol–water partition coefficient (Wildman–Crippen LogP) is 4.15. The second kappa shape index (κ2) is 18.6. The molecule has 3 aromatic heterocycles. The Labute approximate surface area is 288 Å². The minimum Gasteiger partial charge on any atom is -0.480 e. The van der Waals surface area contributed by atoms with Gasteiger partial charge in [-0.15, -0.1) is 15.3 Å². The number of hydrogen-bond acceptors (Lipinski definition) is 15. The van der Waals surface area contributed by atoms with Crippen LogP contribution < -0.4 is 10.6 Å². The molecule has 17 heteroatoms. The summed E-state index contributed by atoms with van der Waals surface area (Å²) in [4.78, 5) is 40.5. The van der Waals surface area contributed by atoms with E-state index in [9.17, 15) is 14.9 Å². The molecule has 0 radical (unpaired) electrons. The van der Waals surface area contributed by atoms with Crippen molar-refractivity contribution in [2.24, 2.45) is 10.2 Å². The van der Waals surface area contributed by atoms with Gasteiger partial charge < -0.3 is 30.0 Å². The van der Waals surface area contributed by atoms with Crippen LogP contribution >= 0.6 is 0 Å². The number of anilines is 2. The lowest BCUT2D eigenvalue weighted by atomic mass is 9.97. The Balaban J connectivity index is 1.66. The lowest BCUT2D eigenvalue weighted by Crippen LogP contribution is -2.18. The molecule has 0 bridgehead atoms. The number of azo groups is 1. The highest BCUT2D eigenvalue weighted by Gasteiger charge is 2.18. The van der Waals surface area contributed by atoms with Crippen LogP contribution in [0.25, 0.3) is 5.82 Å². The lowest BCUT2D eigenvalue weighted by Gasteiger charge is -2.16. The van der Waals surface area contributed by atoms with Gasteiger partial charge in [0.2, 0.25) is 5.82 Å². The fourth-order valence-electron chi connectivity index (χ4n) is 4.86. The molecule has 0 atom stereocenters. The van der Waals surface area contributed by atoms with Gasteiger partial charge in [-0.1, -0.05) is 17.7 Å². The van der Waals surface area contributed by atoms with E-state index >= 15 is 0 Å². The lowest BCUT2D eigenvalue weighted by molar-refractivity contribution is -0.152. The summed E-state index contributed by atoms with van der Waals surface area (Å²) in [6, 6.07) is 6.32. The molecule has 0 saturated carbocycles. The van der Waals surface area contributed by atoms with E-state index in [1.54, 1.807) is 7.11 Å². The Morgan fingerprint density at radius 1 is 1.00 bits per heavy atom. The van der Waals surface area contributed by atoms with Crippen molar-refractivity contribution in [1.82, 2.24) is 29.7 Å². The van der Waals surface area contributed by atoms with E-state index in [1.807, 2.05) is 0 Å². The number of hydrogen-bond donors (Lipinski definition) is 3. The average Bonchev–Trinajstić information content (AvgIpc) is 3.51. The van der Waals surface area contributed by atoms with Crippen LogP contribution in [0.4, 0.5) is 23.1 Å². The highest BCUT2D eigenvalue weighted by Crippen LogP contribution is 2.34. The number of ether oxygens (including phenoxy) is 3. The van der Waals surface area contributed by atoms with Gasteiger partial charge in [-0.3, -0.25) is 4.98 Å². The molecule has 4 rings (SSSR count). The Kier molecular flexibility index (Phi) is 13.8. The SMILES string of the molecule is COCCCNc1nc(Cc2c(C)cc(C)cc2C)nc(NCCCOC(=O)COCC(=O)O)c1N=Nc1nn(-c2cnccn2)cc1C#N. The first-order valence-electron chi connectivity index (χ1n) is 15.8. The summed E-state index contributed by atoms with van der Waals surface area (Å²) >= 11 is 0. The monoisotopic (exact) mass is 685 g/mol. The third kappa shape index (κ3) is 10.8. The van der Waals surface area contributed by atoms with Crippen molar-refractivity contribution in [3.63, 3.8) is 0 Å². The molecule has 1 aromatic carbocycles. The van der Waals surface area contributed by atoms with Crippen LogP contribution in [0.2, 0.25) is 0 Å². The summed E-state index contributed by atoms with van der Waals surface area (Å²) in [7, 11) is 1.63. The number of carbonyl (C=O) groups excluding carboxylic acids is 1. The number of benzene rings is 1. The van der Waals surface area contributed by atoms with Crippen LogP contribution in [0.3, 0.4) is 0 Å². The molecule has 0 fully saturated rings. The van der Waals surface area contributed by atoms with Gasteiger partial charge >= 0.3 is 11.9 Å². The highest BCUT2D eigenvalue weighted by molar-refractivity contribution is 5.74. The van der Waals surface area contributed by atoms with Gasteiger partial charge in [-0.05, 0) is 50.3 Å². The molecule has 0 aliphatic rings. The summed E-state index contributed by atoms with van der Waals surface area (Å²) in [5.41, 5.74) is 4.95. The van der Waals surface area contributed by atoms with Crippen LogP contribution in [-0.4, -0.2) is 93.4 Å². The summed E-state index contributed by atoms with van der Waals surface area (Å²) in [5.74, 6) is -0.0968. The zero-order valence-corrected chi connectivity index (χ0v) is 28.3. The number of esters is 1. The molecule has 0 amide bonds. The number of rotatable bonds is 19. The number of aromatic nitrogens is 6. The average molecular weight is 686 g/mol. The van der Waals surface area contributed by atoms with E-state index in [0.717, 1.165) is 22.3 Å². The van der Waals surface area contributed by atoms with Crippen molar-refractivity contribution in [3.05, 3.63) is 70.6 Å². The maximum absolute atomic E-state index is 11.9. The molecule has 3 heterocycles. The number of aryl methyl sites for hydroxylation is 3. The van der Waals surface area contributed by atoms with Crippen LogP contribution in [-0.2, 0) is 30.2 Å². The molecule has 4 aromatic rings. The molecule has 262 valence electrons. The molecule has 0 aliphatic carbocycles. The van der Waals surface area contributed by atoms with E-state index in [0.29, 0.717) is 62.2 Å². The van der Waals surface area contributed by atoms with Gasteiger partial charge in [0.25, 0.3) is 0 Å². The molecular weight excluding hydrogens is 646 g/mol. The van der Waals surface area contributed by atoms with Crippen molar-refractivity contribution in [1.29, 1.82) is 5.26 Å². The van der Waals surface area contributed by atoms with Gasteiger partial charge in [-0.25, -0.2) is 29.2 Å². The normalized spacial score (nSPS) is 11.0. The fraction of sp³-hybridized carbons (Fsp3) is 0.394. The Bertz CT molecular complexity index is 1820. The second-order valence-electron chi connectivity index (χ2n) is 11.1. The standard InChI is InChI=1S/C33H39N11O6/c1-21-13-22(2)25(23(3)14-21)15-26-39-32(37-7-5-11-48-4)30(33(40-26)38-8-6-12-50-29(47)20-49-19-28(45)46)41-42-31-24(16-34)18-44(43-31)27-17-35-9-10-36-27/h9-10,13-14,17-18H,5-8,11-12,15,19-20H2,1-4H3,(H,45,46)(H2,37,38,39,40). The van der Waals surface area contributed by atoms with E-state index in [4.69, 9.17) is 29.3 Å². The number of nitrogens with zero attached hydrogens (tertiary/aromatic N) is 9.